The van der Waals surface area contributed by atoms with Crippen LogP contribution in [-0.4, -0.2) is 116 Å². The van der Waals surface area contributed by atoms with Gasteiger partial charge in [-0.05, 0) is 12.8 Å². The van der Waals surface area contributed by atoms with Gasteiger partial charge in [-0.1, -0.05) is 89.9 Å². The Morgan fingerprint density at radius 2 is 0.720 bits per heavy atom. The molecular weight excluding hydrogens is 648 g/mol. The number of quaternary nitrogens is 1. The van der Waals surface area contributed by atoms with Crippen molar-refractivity contribution < 1.29 is 48.3 Å². The average Bonchev–Trinajstić information content (AvgIpc) is 3.05. The van der Waals surface area contributed by atoms with Gasteiger partial charge >= 0.3 is 11.9 Å². The molecule has 0 aromatic carbocycles. The minimum atomic E-state index is -1.20. The van der Waals surface area contributed by atoms with Crippen molar-refractivity contribution in [2.45, 2.75) is 122 Å². The van der Waals surface area contributed by atoms with Gasteiger partial charge in [-0.2, -0.15) is 0 Å². The summed E-state index contributed by atoms with van der Waals surface area (Å²) >= 11 is 0. The standard InChI is InChI=1S/C35H64N6O9/c1-41(2,28-35(49)50)23-19-22-36-29(42)20-17-15-13-11-9-7-5-3-4-6-8-10-12-14-16-18-21-30(43)37-24-31(44)38-25-32(45)39-26-33(46)40-27-34(47)48/h3-28H2,1-2H3,(H6-,36,37,38,39,40,42,43,44,45,46,47,48,49,50)/p+1. The predicted molar refractivity (Wildman–Crippen MR) is 190 cm³/mol. The zero-order chi connectivity index (χ0) is 37.5. The second-order valence-corrected chi connectivity index (χ2v) is 13.6. The minimum Gasteiger partial charge on any atom is -0.480 e. The van der Waals surface area contributed by atoms with Gasteiger partial charge < -0.3 is 41.3 Å². The van der Waals surface area contributed by atoms with E-state index in [9.17, 15) is 33.6 Å². The molecule has 0 heterocycles. The number of carboxylic acid groups (broad SMARTS) is 2. The number of likely N-dealkylation sites (N-methyl/N-ethyl adjacent to an activating group) is 1. The highest BCUT2D eigenvalue weighted by Crippen LogP contribution is 2.14. The second kappa shape index (κ2) is 30.1. The molecule has 0 aromatic rings. The summed E-state index contributed by atoms with van der Waals surface area (Å²) in [5, 5.41) is 29.6. The topological polar surface area (TPSA) is 220 Å². The van der Waals surface area contributed by atoms with Gasteiger partial charge in [0, 0.05) is 25.8 Å². The molecule has 0 spiro atoms. The lowest BCUT2D eigenvalue weighted by Gasteiger charge is -2.27. The van der Waals surface area contributed by atoms with Crippen LogP contribution in [0.15, 0.2) is 0 Å². The molecule has 0 aromatic heterocycles. The number of carbonyl (C=O) groups excluding carboxylic acids is 5. The van der Waals surface area contributed by atoms with Gasteiger partial charge in [-0.15, -0.1) is 0 Å². The van der Waals surface area contributed by atoms with Gasteiger partial charge in [0.1, 0.15) is 6.54 Å². The fraction of sp³-hybridized carbons (Fsp3) is 0.800. The van der Waals surface area contributed by atoms with Crippen LogP contribution in [0, 0.1) is 0 Å². The Morgan fingerprint density at radius 3 is 1.08 bits per heavy atom. The predicted octanol–water partition coefficient (Wildman–Crippen LogP) is 2.22. The first-order valence-corrected chi connectivity index (χ1v) is 18.4. The number of carboxylic acids is 2. The molecule has 0 radical (unpaired) electrons. The van der Waals surface area contributed by atoms with E-state index in [1.807, 2.05) is 14.1 Å². The lowest BCUT2D eigenvalue weighted by molar-refractivity contribution is -0.883. The molecule has 5 amide bonds. The Morgan fingerprint density at radius 1 is 0.400 bits per heavy atom. The number of nitrogens with zero attached hydrogens (tertiary/aromatic N) is 1. The SMILES string of the molecule is C[N+](C)(CCCNC(=O)CCCCCCCCCCCCCCCCCCC(=O)NCC(=O)NCC(=O)NCC(=O)NCC(=O)O)CC(=O)O. The van der Waals surface area contributed by atoms with Gasteiger partial charge in [0.2, 0.25) is 29.5 Å². The summed E-state index contributed by atoms with van der Waals surface area (Å²) in [6, 6.07) is 0. The third kappa shape index (κ3) is 32.8. The Labute approximate surface area is 298 Å². The van der Waals surface area contributed by atoms with Crippen LogP contribution >= 0.6 is 0 Å². The number of hydrogen-bond donors (Lipinski definition) is 7. The van der Waals surface area contributed by atoms with Crippen molar-refractivity contribution >= 4 is 41.5 Å². The normalized spacial score (nSPS) is 11.0. The molecule has 50 heavy (non-hydrogen) atoms. The number of aliphatic carboxylic acids is 2. The molecular formula is C35H65N6O9+. The number of carbonyl (C=O) groups is 7. The number of nitrogens with one attached hydrogen (secondary N) is 5. The lowest BCUT2D eigenvalue weighted by atomic mass is 10.0. The Kier molecular flexibility index (Phi) is 27.8. The van der Waals surface area contributed by atoms with Crippen molar-refractivity contribution in [1.82, 2.24) is 26.6 Å². The highest BCUT2D eigenvalue weighted by Gasteiger charge is 2.18. The molecule has 288 valence electrons. The molecule has 0 saturated carbocycles. The van der Waals surface area contributed by atoms with Crippen LogP contribution in [0.5, 0.6) is 0 Å². The lowest BCUT2D eigenvalue weighted by Crippen LogP contribution is -2.45. The molecule has 15 nitrogen and oxygen atoms in total. The van der Waals surface area contributed by atoms with Crippen LogP contribution < -0.4 is 26.6 Å². The fourth-order valence-electron chi connectivity index (χ4n) is 5.30. The van der Waals surface area contributed by atoms with Crippen LogP contribution in [0.4, 0.5) is 0 Å². The first-order valence-electron chi connectivity index (χ1n) is 18.4. The fourth-order valence-corrected chi connectivity index (χ4v) is 5.30. The van der Waals surface area contributed by atoms with E-state index in [2.05, 4.69) is 26.6 Å². The third-order valence-corrected chi connectivity index (χ3v) is 8.16. The quantitative estimate of drug-likeness (QED) is 0.0391. The number of rotatable bonds is 33. The van der Waals surface area contributed by atoms with Crippen molar-refractivity contribution in [1.29, 1.82) is 0 Å². The molecule has 0 bridgehead atoms. The van der Waals surface area contributed by atoms with E-state index in [4.69, 9.17) is 10.2 Å². The Bertz CT molecular complexity index is 1020. The van der Waals surface area contributed by atoms with Crippen molar-refractivity contribution in [2.75, 3.05) is 59.9 Å². The molecule has 0 unspecified atom stereocenters. The number of amides is 5. The molecule has 0 atom stereocenters. The highest BCUT2D eigenvalue weighted by molar-refractivity contribution is 5.90. The summed E-state index contributed by atoms with van der Waals surface area (Å²) in [4.78, 5) is 80.0. The van der Waals surface area contributed by atoms with Crippen molar-refractivity contribution in [3.8, 4) is 0 Å². The smallest absolute Gasteiger partial charge is 0.359 e. The summed E-state index contributed by atoms with van der Waals surface area (Å²) in [6.07, 6.45) is 20.1. The van der Waals surface area contributed by atoms with E-state index in [1.54, 1.807) is 0 Å². The zero-order valence-corrected chi connectivity index (χ0v) is 30.6. The van der Waals surface area contributed by atoms with Gasteiger partial charge in [-0.25, -0.2) is 4.79 Å². The molecule has 0 aliphatic carbocycles. The molecule has 0 aliphatic rings. The van der Waals surface area contributed by atoms with Gasteiger partial charge in [0.15, 0.2) is 6.54 Å². The molecule has 0 aliphatic heterocycles. The summed E-state index contributed by atoms with van der Waals surface area (Å²) < 4.78 is 0.413. The van der Waals surface area contributed by atoms with Crippen LogP contribution in [0.1, 0.15) is 122 Å². The van der Waals surface area contributed by atoms with Crippen molar-refractivity contribution in [3.05, 3.63) is 0 Å². The maximum absolute atomic E-state index is 12.0. The maximum Gasteiger partial charge on any atom is 0.359 e. The monoisotopic (exact) mass is 713 g/mol. The summed E-state index contributed by atoms with van der Waals surface area (Å²) in [5.74, 6) is -3.95. The van der Waals surface area contributed by atoms with E-state index in [0.717, 1.165) is 51.5 Å². The number of hydrogen-bond acceptors (Lipinski definition) is 7. The number of unbranched alkanes of at least 4 members (excludes halogenated alkanes) is 15. The highest BCUT2D eigenvalue weighted by atomic mass is 16.4. The van der Waals surface area contributed by atoms with Crippen LogP contribution in [-0.2, 0) is 33.6 Å². The summed E-state index contributed by atoms with van der Waals surface area (Å²) in [6.45, 7) is -0.171. The first-order chi connectivity index (χ1) is 23.8. The van der Waals surface area contributed by atoms with Crippen molar-refractivity contribution in [3.63, 3.8) is 0 Å². The third-order valence-electron chi connectivity index (χ3n) is 8.16. The largest absolute Gasteiger partial charge is 0.480 e. The van der Waals surface area contributed by atoms with Gasteiger partial charge in [0.25, 0.3) is 0 Å². The summed E-state index contributed by atoms with van der Waals surface area (Å²) in [7, 11) is 3.77. The van der Waals surface area contributed by atoms with E-state index in [-0.39, 0.29) is 31.4 Å². The van der Waals surface area contributed by atoms with E-state index in [0.29, 0.717) is 23.9 Å². The van der Waals surface area contributed by atoms with Crippen molar-refractivity contribution in [2.24, 2.45) is 0 Å². The maximum atomic E-state index is 12.0. The molecule has 0 rings (SSSR count). The molecule has 7 N–H and O–H groups in total. The average molecular weight is 714 g/mol. The van der Waals surface area contributed by atoms with E-state index >= 15 is 0 Å². The molecule has 0 fully saturated rings. The van der Waals surface area contributed by atoms with E-state index < -0.39 is 42.7 Å². The molecule has 15 heteroatoms. The minimum absolute atomic E-state index is 0.0844. The van der Waals surface area contributed by atoms with Gasteiger partial charge in [0.05, 0.1) is 40.3 Å². The molecule has 0 saturated heterocycles. The second-order valence-electron chi connectivity index (χ2n) is 13.6. The van der Waals surface area contributed by atoms with Gasteiger partial charge in [-0.3, -0.25) is 28.8 Å². The first kappa shape index (κ1) is 46.2. The van der Waals surface area contributed by atoms with E-state index in [1.165, 1.54) is 64.2 Å². The van der Waals surface area contributed by atoms with Crippen LogP contribution in [0.25, 0.3) is 0 Å². The Balaban J connectivity index is 3.45. The summed E-state index contributed by atoms with van der Waals surface area (Å²) in [5.41, 5.74) is 0. The Hall–Kier alpha value is -3.75. The zero-order valence-electron chi connectivity index (χ0n) is 30.6. The van der Waals surface area contributed by atoms with Crippen LogP contribution in [0.2, 0.25) is 0 Å². The van der Waals surface area contributed by atoms with Crippen LogP contribution in [0.3, 0.4) is 0 Å².